The fraction of sp³-hybridized carbons (Fsp3) is 1.00. The predicted molar refractivity (Wildman–Crippen MR) is 64.7 cm³/mol. The molecule has 0 aliphatic carbocycles. The first-order valence-corrected chi connectivity index (χ1v) is 5.61. The quantitative estimate of drug-likeness (QED) is 0.434. The molecular formula is C4H11B4F16N-4. The first kappa shape index (κ1) is 35.3. The van der Waals surface area contributed by atoms with Gasteiger partial charge in [-0.05, 0) is 13.0 Å². The third-order valence-corrected chi connectivity index (χ3v) is 0.558. The maximum absolute atomic E-state index is 9.75. The maximum Gasteiger partial charge on any atom is 0.673 e. The van der Waals surface area contributed by atoms with Gasteiger partial charge in [0.15, 0.2) is 0 Å². The average molecular weight is 420 g/mol. The van der Waals surface area contributed by atoms with Gasteiger partial charge in [0, 0.05) is 0 Å². The number of rotatable bonds is 2. The van der Waals surface area contributed by atoms with Crippen molar-refractivity contribution in [3.63, 3.8) is 0 Å². The van der Waals surface area contributed by atoms with E-state index < -0.39 is 29.0 Å². The molecule has 0 aliphatic heterocycles. The normalized spacial score (nSPS) is 11.3. The van der Waals surface area contributed by atoms with Crippen molar-refractivity contribution in [3.05, 3.63) is 0 Å². The summed E-state index contributed by atoms with van der Waals surface area (Å²) in [6.07, 6.45) is 2.39. The van der Waals surface area contributed by atoms with E-state index in [0.29, 0.717) is 0 Å². The van der Waals surface area contributed by atoms with E-state index in [0.717, 1.165) is 6.54 Å². The summed E-state index contributed by atoms with van der Waals surface area (Å²) in [5.74, 6) is 0. The number of hydrogen-bond donors (Lipinski definition) is 1. The van der Waals surface area contributed by atoms with Crippen molar-refractivity contribution in [1.82, 2.24) is 0 Å². The van der Waals surface area contributed by atoms with Gasteiger partial charge in [-0.15, -0.1) is 0 Å². The molecular weight excluding hydrogens is 409 g/mol. The molecule has 0 rings (SSSR count). The van der Waals surface area contributed by atoms with Crippen molar-refractivity contribution in [2.45, 2.75) is 19.8 Å². The van der Waals surface area contributed by atoms with Gasteiger partial charge in [-0.3, -0.25) is 0 Å². The average Bonchev–Trinajstić information content (AvgIpc) is 2.06. The molecule has 0 aliphatic rings. The molecule has 2 N–H and O–H groups in total. The highest BCUT2D eigenvalue weighted by Gasteiger charge is 2.21. The molecule has 0 aromatic rings. The van der Waals surface area contributed by atoms with Gasteiger partial charge in [-0.2, -0.15) is 0 Å². The molecule has 0 saturated heterocycles. The Hall–Kier alpha value is -0.900. The second kappa shape index (κ2) is 16.6. The summed E-state index contributed by atoms with van der Waals surface area (Å²) in [5.41, 5.74) is 5.14. The van der Waals surface area contributed by atoms with E-state index in [1.807, 2.05) is 0 Å². The van der Waals surface area contributed by atoms with E-state index in [1.165, 1.54) is 12.8 Å². The molecule has 0 amide bonds. The van der Waals surface area contributed by atoms with Gasteiger partial charge in [-0.1, -0.05) is 13.3 Å². The highest BCUT2D eigenvalue weighted by Crippen LogP contribution is 2.08. The van der Waals surface area contributed by atoms with Crippen molar-refractivity contribution in [3.8, 4) is 0 Å². The lowest BCUT2D eigenvalue weighted by Gasteiger charge is -1.94. The number of unbranched alkanes of at least 4 members (excludes halogenated alkanes) is 1. The fourth-order valence-corrected chi connectivity index (χ4v) is 0.204. The minimum absolute atomic E-state index is 0.844. The number of hydrogen-bond acceptors (Lipinski definition) is 1. The second-order valence-electron chi connectivity index (χ2n) is 3.12. The molecule has 0 unspecified atom stereocenters. The van der Waals surface area contributed by atoms with Crippen LogP contribution in [0.2, 0.25) is 0 Å². The minimum Gasteiger partial charge on any atom is -0.418 e. The first-order valence-electron chi connectivity index (χ1n) is 5.61. The monoisotopic (exact) mass is 421 g/mol. The largest absolute Gasteiger partial charge is 0.673 e. The van der Waals surface area contributed by atoms with E-state index in [1.54, 1.807) is 0 Å². The summed E-state index contributed by atoms with van der Waals surface area (Å²) in [5, 5.41) is 0. The van der Waals surface area contributed by atoms with Crippen LogP contribution in [0.1, 0.15) is 19.8 Å². The van der Waals surface area contributed by atoms with Gasteiger partial charge in [0.1, 0.15) is 0 Å². The van der Waals surface area contributed by atoms with Gasteiger partial charge in [0.2, 0.25) is 0 Å². The van der Waals surface area contributed by atoms with Crippen LogP contribution >= 0.6 is 0 Å². The predicted octanol–water partition coefficient (Wildman–Crippen LogP) is 5.95. The Kier molecular flexibility index (Phi) is 23.4. The van der Waals surface area contributed by atoms with Crippen LogP contribution in [0.25, 0.3) is 0 Å². The maximum atomic E-state index is 9.75. The van der Waals surface area contributed by atoms with Crippen LogP contribution in [0, 0.1) is 0 Å². The summed E-state index contributed by atoms with van der Waals surface area (Å²) in [6, 6.07) is 0. The van der Waals surface area contributed by atoms with E-state index in [-0.39, 0.29) is 0 Å². The lowest BCUT2D eigenvalue weighted by atomic mass is 10.3. The Morgan fingerprint density at radius 2 is 0.600 bits per heavy atom. The number of nitrogens with two attached hydrogens (primary N) is 1. The molecule has 0 radical (unpaired) electrons. The molecule has 1 nitrogen and oxygen atoms in total. The molecule has 0 heterocycles. The van der Waals surface area contributed by atoms with Gasteiger partial charge in [0.25, 0.3) is 0 Å². The molecule has 0 saturated carbocycles. The van der Waals surface area contributed by atoms with Crippen LogP contribution < -0.4 is 5.73 Å². The Labute approximate surface area is 131 Å². The molecule has 0 bridgehead atoms. The van der Waals surface area contributed by atoms with Crippen LogP contribution in [0.5, 0.6) is 0 Å². The van der Waals surface area contributed by atoms with Gasteiger partial charge in [-0.25, -0.2) is 0 Å². The summed E-state index contributed by atoms with van der Waals surface area (Å²) in [4.78, 5) is 0. The SMILES string of the molecule is CCCCN.F[B-](F)(F)F.F[B-](F)(F)F.F[B-](F)(F)F.F[B-](F)(F)F. The van der Waals surface area contributed by atoms with E-state index in [9.17, 15) is 69.1 Å². The fourth-order valence-electron chi connectivity index (χ4n) is 0.204. The summed E-state index contributed by atoms with van der Waals surface area (Å²) in [7, 11) is -24.0. The Balaban J connectivity index is -0.0000000667. The van der Waals surface area contributed by atoms with Crippen molar-refractivity contribution in [2.24, 2.45) is 5.73 Å². The van der Waals surface area contributed by atoms with Gasteiger partial charge < -0.3 is 74.8 Å². The Morgan fingerprint density at radius 3 is 0.600 bits per heavy atom. The Morgan fingerprint density at radius 1 is 0.480 bits per heavy atom. The standard InChI is InChI=1S/C4H11N.4BF4/c1-2-3-4-5;4*2-1(3,4)5/h2-5H2,1H3;;;;/q;4*-1. The molecule has 21 heteroatoms. The number of halogens is 16. The molecule has 0 aromatic heterocycles. The molecule has 0 fully saturated rings. The zero-order valence-electron chi connectivity index (χ0n) is 12.1. The molecule has 160 valence electrons. The van der Waals surface area contributed by atoms with Gasteiger partial charge in [0.05, 0.1) is 0 Å². The van der Waals surface area contributed by atoms with Crippen LogP contribution in [-0.2, 0) is 0 Å². The van der Waals surface area contributed by atoms with E-state index >= 15 is 0 Å². The minimum atomic E-state index is -6.00. The Bertz CT molecular complexity index is 181. The zero-order chi connectivity index (χ0) is 22.1. The smallest absolute Gasteiger partial charge is 0.418 e. The molecule has 0 spiro atoms. The zero-order valence-corrected chi connectivity index (χ0v) is 12.1. The van der Waals surface area contributed by atoms with E-state index in [4.69, 9.17) is 5.73 Å². The summed E-state index contributed by atoms with van der Waals surface area (Å²) >= 11 is 0. The molecule has 25 heavy (non-hydrogen) atoms. The second-order valence-corrected chi connectivity index (χ2v) is 3.12. The summed E-state index contributed by atoms with van der Waals surface area (Å²) in [6.45, 7) is 2.98. The third-order valence-electron chi connectivity index (χ3n) is 0.558. The topological polar surface area (TPSA) is 26.0 Å². The lowest BCUT2D eigenvalue weighted by Crippen LogP contribution is -2.02. The van der Waals surface area contributed by atoms with Crippen molar-refractivity contribution in [2.75, 3.05) is 6.54 Å². The summed E-state index contributed by atoms with van der Waals surface area (Å²) < 4.78 is 156. The van der Waals surface area contributed by atoms with E-state index in [2.05, 4.69) is 6.92 Å². The highest BCUT2D eigenvalue weighted by atomic mass is 19.5. The van der Waals surface area contributed by atoms with Crippen LogP contribution in [0.4, 0.5) is 69.1 Å². The van der Waals surface area contributed by atoms with Crippen LogP contribution in [0.15, 0.2) is 0 Å². The van der Waals surface area contributed by atoms with Gasteiger partial charge >= 0.3 is 29.0 Å². The third kappa shape index (κ3) is 8500. The lowest BCUT2D eigenvalue weighted by molar-refractivity contribution is 0.366. The molecule has 0 atom stereocenters. The molecule has 0 aromatic carbocycles. The highest BCUT2D eigenvalue weighted by molar-refractivity contribution is 6.50. The van der Waals surface area contributed by atoms with Crippen molar-refractivity contribution in [1.29, 1.82) is 0 Å². The van der Waals surface area contributed by atoms with Crippen LogP contribution in [0.3, 0.4) is 0 Å². The van der Waals surface area contributed by atoms with Crippen molar-refractivity contribution < 1.29 is 69.1 Å². The van der Waals surface area contributed by atoms with Crippen molar-refractivity contribution >= 4 is 29.0 Å². The van der Waals surface area contributed by atoms with Crippen LogP contribution in [-0.4, -0.2) is 35.6 Å². The first-order chi connectivity index (χ1) is 10.4.